The molecule has 1 amide bonds. The van der Waals surface area contributed by atoms with Crippen LogP contribution in [0, 0.1) is 18.3 Å². The van der Waals surface area contributed by atoms with Crippen LogP contribution in [-0.4, -0.2) is 97.4 Å². The lowest BCUT2D eigenvalue weighted by atomic mass is 9.65. The van der Waals surface area contributed by atoms with Crippen LogP contribution in [0.2, 0.25) is 5.02 Å². The number of benzene rings is 1. The lowest BCUT2D eigenvalue weighted by molar-refractivity contribution is -0.149. The molecule has 11 nitrogen and oxygen atoms in total. The van der Waals surface area contributed by atoms with Gasteiger partial charge >= 0.3 is 0 Å². The number of Topliss-reactive ketones (excluding diaryl/α,β-unsaturated/α-hetero) is 1. The number of nitrogens with one attached hydrogen (secondary N) is 1. The van der Waals surface area contributed by atoms with Gasteiger partial charge in [0.15, 0.2) is 11.6 Å². The van der Waals surface area contributed by atoms with E-state index >= 15 is 0 Å². The Kier molecular flexibility index (Phi) is 10.0. The second kappa shape index (κ2) is 13.6. The van der Waals surface area contributed by atoms with Gasteiger partial charge in [0.1, 0.15) is 24.3 Å². The second-order valence-corrected chi connectivity index (χ2v) is 13.3. The van der Waals surface area contributed by atoms with E-state index in [4.69, 9.17) is 36.8 Å². The van der Waals surface area contributed by atoms with Crippen LogP contribution in [0.1, 0.15) is 50.8 Å². The molecule has 5 rings (SSSR count). The Hall–Kier alpha value is -3.25. The predicted octanol–water partition coefficient (Wildman–Crippen LogP) is 3.20. The third-order valence-electron chi connectivity index (χ3n) is 9.40. The Balaban J connectivity index is 1.39. The number of carbonyl (C=O) groups is 2. The molecule has 1 aromatic heterocycles. The van der Waals surface area contributed by atoms with Gasteiger partial charge in [0.05, 0.1) is 22.4 Å². The summed E-state index contributed by atoms with van der Waals surface area (Å²) in [5, 5.41) is 13.5. The molecule has 2 aliphatic heterocycles. The summed E-state index contributed by atoms with van der Waals surface area (Å²) >= 11 is 6.68. The van der Waals surface area contributed by atoms with Crippen molar-refractivity contribution >= 4 is 34.7 Å². The lowest BCUT2D eigenvalue weighted by Crippen LogP contribution is -2.60. The number of hydrogen-bond donors (Lipinski definition) is 3. The van der Waals surface area contributed by atoms with Crippen LogP contribution in [0.3, 0.4) is 0 Å². The molecule has 1 aromatic carbocycles. The normalized spacial score (nSPS) is 19.5. The van der Waals surface area contributed by atoms with E-state index in [-0.39, 0.29) is 35.7 Å². The molecule has 0 radical (unpaired) electrons. The molecule has 2 saturated heterocycles. The Morgan fingerprint density at radius 1 is 1.20 bits per heavy atom. The number of nitrogens with zero attached hydrogens (tertiary/aromatic N) is 4. The Bertz CT molecular complexity index is 1460. The third kappa shape index (κ3) is 6.96. The van der Waals surface area contributed by atoms with E-state index in [1.165, 1.54) is 6.92 Å². The molecule has 3 heterocycles. The SMILES string of the molecule is CNC[C@@H](O)COc1ccc(Cl)c(-c2nc(C(C(C)=O)=C(C)N)c(C)c(N3CC4(CCC(C(=O)N5CC(OC)C5)CC4)C3)n2)c1. The summed E-state index contributed by atoms with van der Waals surface area (Å²) in [6, 6.07) is 5.20. The fourth-order valence-electron chi connectivity index (χ4n) is 6.79. The maximum atomic E-state index is 13.0. The first-order valence-electron chi connectivity index (χ1n) is 15.6. The van der Waals surface area contributed by atoms with E-state index in [0.29, 0.717) is 58.8 Å². The standard InChI is InChI=1S/C33H45ClN6O5/c1-19-29(28(20(2)35)21(3)41)37-30(26-12-24(6-7-27(26)34)45-16-23(42)13-36-4)38-31(19)40-17-33(18-40)10-8-22(9-11-33)32(43)39-14-25(15-39)44-5/h6-7,12,22-23,25,36,42H,8-11,13-18,35H2,1-5H3/t23-/m1/s1. The Morgan fingerprint density at radius 2 is 1.89 bits per heavy atom. The van der Waals surface area contributed by atoms with E-state index in [9.17, 15) is 14.7 Å². The molecule has 12 heteroatoms. The number of halogens is 1. The number of aromatic nitrogens is 2. The number of methoxy groups -OCH3 is 1. The van der Waals surface area contributed by atoms with Crippen LogP contribution in [0.15, 0.2) is 23.9 Å². The van der Waals surface area contributed by atoms with Gasteiger partial charge in [-0.05, 0) is 71.7 Å². The van der Waals surface area contributed by atoms with E-state index in [0.717, 1.165) is 50.2 Å². The lowest BCUT2D eigenvalue weighted by Gasteiger charge is -2.54. The van der Waals surface area contributed by atoms with E-state index in [1.807, 2.05) is 11.8 Å². The zero-order chi connectivity index (χ0) is 32.5. The summed E-state index contributed by atoms with van der Waals surface area (Å²) in [6.45, 7) is 8.60. The number of likely N-dealkylation sites (N-methyl/N-ethyl adjacent to an activating group) is 1. The zero-order valence-electron chi connectivity index (χ0n) is 26.9. The number of carbonyl (C=O) groups excluding carboxylic acids is 2. The molecular formula is C33H45ClN6O5. The fraction of sp³-hybridized carbons (Fsp3) is 0.576. The van der Waals surface area contributed by atoms with Gasteiger partial charge in [0.25, 0.3) is 0 Å². The van der Waals surface area contributed by atoms with E-state index in [1.54, 1.807) is 39.3 Å². The molecule has 0 unspecified atom stereocenters. The summed E-state index contributed by atoms with van der Waals surface area (Å²) in [5.74, 6) is 1.76. The average molecular weight is 641 g/mol. The number of hydrogen-bond acceptors (Lipinski definition) is 10. The molecule has 1 saturated carbocycles. The van der Waals surface area contributed by atoms with E-state index in [2.05, 4.69) is 10.2 Å². The number of aliphatic hydroxyl groups excluding tert-OH is 1. The van der Waals surface area contributed by atoms with Gasteiger partial charge in [0, 0.05) is 68.0 Å². The van der Waals surface area contributed by atoms with Crippen molar-refractivity contribution in [2.75, 3.05) is 58.4 Å². The summed E-state index contributed by atoms with van der Waals surface area (Å²) < 4.78 is 11.2. The van der Waals surface area contributed by atoms with Gasteiger partial charge in [-0.2, -0.15) is 0 Å². The number of ketones is 1. The number of allylic oxidation sites excluding steroid dienone is 2. The van der Waals surface area contributed by atoms with Gasteiger partial charge in [0.2, 0.25) is 5.91 Å². The highest BCUT2D eigenvalue weighted by atomic mass is 35.5. The topological polar surface area (TPSA) is 143 Å². The summed E-state index contributed by atoms with van der Waals surface area (Å²) in [4.78, 5) is 39.8. The summed E-state index contributed by atoms with van der Waals surface area (Å²) in [7, 11) is 3.46. The number of rotatable bonds is 11. The van der Waals surface area contributed by atoms with Crippen LogP contribution < -0.4 is 20.7 Å². The maximum absolute atomic E-state index is 13.0. The Labute approximate surface area is 270 Å². The monoisotopic (exact) mass is 640 g/mol. The zero-order valence-corrected chi connectivity index (χ0v) is 27.6. The highest BCUT2D eigenvalue weighted by molar-refractivity contribution is 6.33. The van der Waals surface area contributed by atoms with Gasteiger partial charge in [-0.25, -0.2) is 9.97 Å². The van der Waals surface area contributed by atoms with Crippen molar-refractivity contribution in [1.82, 2.24) is 20.2 Å². The van der Waals surface area contributed by atoms with Crippen molar-refractivity contribution in [2.45, 2.75) is 58.7 Å². The number of ether oxygens (including phenoxy) is 2. The van der Waals surface area contributed by atoms with Crippen molar-refractivity contribution in [3.05, 3.63) is 40.2 Å². The largest absolute Gasteiger partial charge is 0.491 e. The molecule has 45 heavy (non-hydrogen) atoms. The smallest absolute Gasteiger partial charge is 0.225 e. The highest BCUT2D eigenvalue weighted by Gasteiger charge is 2.48. The fourth-order valence-corrected chi connectivity index (χ4v) is 6.99. The summed E-state index contributed by atoms with van der Waals surface area (Å²) in [5.41, 5.74) is 8.88. The van der Waals surface area contributed by atoms with Crippen molar-refractivity contribution in [3.63, 3.8) is 0 Å². The molecule has 244 valence electrons. The molecule has 1 spiro atoms. The first kappa shape index (κ1) is 33.1. The van der Waals surface area contributed by atoms with Crippen LogP contribution in [-0.2, 0) is 14.3 Å². The van der Waals surface area contributed by atoms with Gasteiger partial charge < -0.3 is 35.4 Å². The van der Waals surface area contributed by atoms with Crippen molar-refractivity contribution in [1.29, 1.82) is 0 Å². The van der Waals surface area contributed by atoms with Gasteiger partial charge in [-0.1, -0.05) is 11.6 Å². The minimum atomic E-state index is -0.676. The van der Waals surface area contributed by atoms with Gasteiger partial charge in [-0.15, -0.1) is 0 Å². The predicted molar refractivity (Wildman–Crippen MR) is 174 cm³/mol. The van der Waals surface area contributed by atoms with Crippen LogP contribution in [0.25, 0.3) is 17.0 Å². The molecular weight excluding hydrogens is 596 g/mol. The number of nitrogens with two attached hydrogens (primary N) is 1. The first-order valence-corrected chi connectivity index (χ1v) is 16.0. The average Bonchev–Trinajstić information content (AvgIpc) is 2.96. The first-order chi connectivity index (χ1) is 21.4. The minimum absolute atomic E-state index is 0.0771. The van der Waals surface area contributed by atoms with Crippen LogP contribution >= 0.6 is 11.6 Å². The van der Waals surface area contributed by atoms with E-state index < -0.39 is 6.10 Å². The maximum Gasteiger partial charge on any atom is 0.225 e. The van der Waals surface area contributed by atoms with Crippen LogP contribution in [0.5, 0.6) is 5.75 Å². The number of anilines is 1. The number of likely N-dealkylation sites (tertiary alicyclic amines) is 1. The second-order valence-electron chi connectivity index (χ2n) is 12.9. The minimum Gasteiger partial charge on any atom is -0.491 e. The van der Waals surface area contributed by atoms with Crippen LogP contribution in [0.4, 0.5) is 5.82 Å². The molecule has 1 atom stereocenters. The third-order valence-corrected chi connectivity index (χ3v) is 9.73. The Morgan fingerprint density at radius 3 is 2.49 bits per heavy atom. The number of amides is 1. The summed E-state index contributed by atoms with van der Waals surface area (Å²) in [6.07, 6.45) is 3.22. The van der Waals surface area contributed by atoms with Crippen molar-refractivity contribution in [3.8, 4) is 17.1 Å². The van der Waals surface area contributed by atoms with Crippen molar-refractivity contribution < 1.29 is 24.2 Å². The molecule has 3 fully saturated rings. The molecule has 1 aliphatic carbocycles. The highest BCUT2D eigenvalue weighted by Crippen LogP contribution is 2.48. The number of aliphatic hydroxyl groups is 1. The molecule has 3 aliphatic rings. The molecule has 2 aromatic rings. The van der Waals surface area contributed by atoms with Crippen molar-refractivity contribution in [2.24, 2.45) is 17.1 Å². The molecule has 4 N–H and O–H groups in total. The van der Waals surface area contributed by atoms with Gasteiger partial charge in [-0.3, -0.25) is 9.59 Å². The quantitative estimate of drug-likeness (QED) is 0.313. The molecule has 0 bridgehead atoms.